The molecule has 186 valence electrons. The van der Waals surface area contributed by atoms with Crippen LogP contribution in [0.1, 0.15) is 27.8 Å². The zero-order valence-corrected chi connectivity index (χ0v) is 19.2. The lowest BCUT2D eigenvalue weighted by Gasteiger charge is -2.35. The molecule has 2 aromatic carbocycles. The maximum absolute atomic E-state index is 12.6. The van der Waals surface area contributed by atoms with Gasteiger partial charge in [-0.25, -0.2) is 4.68 Å². The second-order valence-electron chi connectivity index (χ2n) is 8.01. The molecule has 0 radical (unpaired) electrons. The number of benzene rings is 2. The minimum absolute atomic E-state index is 0.0489. The summed E-state index contributed by atoms with van der Waals surface area (Å²) in [6, 6.07) is 12.8. The van der Waals surface area contributed by atoms with Gasteiger partial charge in [0.05, 0.1) is 16.8 Å². The van der Waals surface area contributed by atoms with Gasteiger partial charge in [0.1, 0.15) is 5.69 Å². The molecular weight excluding hydrogens is 470 g/mol. The maximum atomic E-state index is 12.6. The Kier molecular flexibility index (Phi) is 6.81. The number of nitrogens with zero attached hydrogens (tertiary/aromatic N) is 5. The van der Waals surface area contributed by atoms with Gasteiger partial charge in [-0.3, -0.25) is 35.3 Å². The number of nitro benzene ring substituents is 1. The molecule has 2 heterocycles. The van der Waals surface area contributed by atoms with Crippen LogP contribution in [0.15, 0.2) is 54.7 Å². The first-order valence-electron chi connectivity index (χ1n) is 11.0. The largest absolute Gasteiger partial charge is 0.504 e. The van der Waals surface area contributed by atoms with E-state index < -0.39 is 22.5 Å². The predicted molar refractivity (Wildman–Crippen MR) is 128 cm³/mol. The van der Waals surface area contributed by atoms with Gasteiger partial charge in [0.15, 0.2) is 11.4 Å². The second-order valence-corrected chi connectivity index (χ2v) is 8.01. The Morgan fingerprint density at radius 1 is 1.00 bits per heavy atom. The molecule has 13 nitrogen and oxygen atoms in total. The summed E-state index contributed by atoms with van der Waals surface area (Å²) < 4.78 is 1.31. The van der Waals surface area contributed by atoms with Gasteiger partial charge in [-0.1, -0.05) is 18.2 Å². The van der Waals surface area contributed by atoms with E-state index >= 15 is 0 Å². The number of hydrazine groups is 1. The molecular formula is C23H23N7O6. The Labute approximate surface area is 205 Å². The fourth-order valence-corrected chi connectivity index (χ4v) is 3.82. The average molecular weight is 493 g/mol. The Hall–Kier alpha value is -4.94. The first kappa shape index (κ1) is 24.2. The maximum Gasteiger partial charge on any atom is 0.294 e. The van der Waals surface area contributed by atoms with Gasteiger partial charge < -0.3 is 14.9 Å². The molecule has 1 aliphatic rings. The third-order valence-corrected chi connectivity index (χ3v) is 5.72. The number of hydrogen-bond acceptors (Lipinski definition) is 8. The molecule has 4 rings (SSSR count). The summed E-state index contributed by atoms with van der Waals surface area (Å²) in [4.78, 5) is 51.1. The third-order valence-electron chi connectivity index (χ3n) is 5.72. The Bertz CT molecular complexity index is 1320. The summed E-state index contributed by atoms with van der Waals surface area (Å²) in [6.45, 7) is 3.18. The van der Waals surface area contributed by atoms with E-state index in [-0.39, 0.29) is 22.9 Å². The molecule has 0 spiro atoms. The summed E-state index contributed by atoms with van der Waals surface area (Å²) in [5.41, 5.74) is 4.64. The zero-order valence-electron chi connectivity index (χ0n) is 19.2. The summed E-state index contributed by atoms with van der Waals surface area (Å²) in [6.07, 6.45) is 1.25. The molecule has 0 saturated carbocycles. The van der Waals surface area contributed by atoms with Crippen LogP contribution >= 0.6 is 0 Å². The van der Waals surface area contributed by atoms with Crippen LogP contribution in [-0.2, 0) is 4.79 Å². The van der Waals surface area contributed by atoms with Crippen molar-refractivity contribution in [3.8, 4) is 11.4 Å². The highest BCUT2D eigenvalue weighted by Crippen LogP contribution is 2.30. The number of rotatable bonds is 5. The van der Waals surface area contributed by atoms with Crippen molar-refractivity contribution in [2.45, 2.75) is 6.92 Å². The van der Waals surface area contributed by atoms with Gasteiger partial charge in [-0.2, -0.15) is 5.10 Å². The number of aromatic hydroxyl groups is 1. The number of carbonyl (C=O) groups is 3. The van der Waals surface area contributed by atoms with Crippen LogP contribution in [0, 0.1) is 10.1 Å². The van der Waals surface area contributed by atoms with Crippen LogP contribution in [0.2, 0.25) is 0 Å². The van der Waals surface area contributed by atoms with Gasteiger partial charge in [-0.05, 0) is 24.3 Å². The van der Waals surface area contributed by atoms with Crippen molar-refractivity contribution >= 4 is 29.1 Å². The predicted octanol–water partition coefficient (Wildman–Crippen LogP) is 1.23. The number of amides is 3. The molecule has 0 bridgehead atoms. The fraction of sp³-hybridized carbons (Fsp3) is 0.217. The minimum atomic E-state index is -0.870. The lowest BCUT2D eigenvalue weighted by atomic mass is 10.1. The van der Waals surface area contributed by atoms with Crippen molar-refractivity contribution in [1.82, 2.24) is 25.5 Å². The number of anilines is 1. The lowest BCUT2D eigenvalue weighted by molar-refractivity contribution is -0.384. The number of aromatic nitrogens is 2. The Morgan fingerprint density at radius 2 is 1.67 bits per heavy atom. The number of piperazine rings is 1. The van der Waals surface area contributed by atoms with Crippen molar-refractivity contribution in [2.75, 3.05) is 31.1 Å². The molecule has 1 fully saturated rings. The standard InChI is InChI=1S/C23H23N7O6/c1-15(31)27-9-11-28(12-10-27)18-8-7-16(13-19(18)30(35)36)22(33)24-25-23(34)21-20(32)14-29(26-21)17-5-3-2-4-6-17/h2-8,13-14,32H,9-12H2,1H3,(H,24,33)(H,25,34). The van der Waals surface area contributed by atoms with E-state index in [0.29, 0.717) is 37.6 Å². The summed E-state index contributed by atoms with van der Waals surface area (Å²) in [5.74, 6) is -2.11. The number of nitro groups is 1. The van der Waals surface area contributed by atoms with E-state index in [4.69, 9.17) is 0 Å². The fourth-order valence-electron chi connectivity index (χ4n) is 3.82. The normalized spacial score (nSPS) is 13.2. The summed E-state index contributed by atoms with van der Waals surface area (Å²) in [5, 5.41) is 25.8. The van der Waals surface area contributed by atoms with Crippen LogP contribution in [0.5, 0.6) is 5.75 Å². The quantitative estimate of drug-likeness (QED) is 0.353. The van der Waals surface area contributed by atoms with Gasteiger partial charge in [0.2, 0.25) is 5.91 Å². The second kappa shape index (κ2) is 10.1. The highest BCUT2D eigenvalue weighted by atomic mass is 16.6. The molecule has 1 saturated heterocycles. The number of hydrogen-bond donors (Lipinski definition) is 3. The highest BCUT2D eigenvalue weighted by molar-refractivity contribution is 6.00. The molecule has 1 aromatic heterocycles. The van der Waals surface area contributed by atoms with E-state index in [9.17, 15) is 29.6 Å². The lowest BCUT2D eigenvalue weighted by Crippen LogP contribution is -2.48. The van der Waals surface area contributed by atoms with Crippen LogP contribution < -0.4 is 15.8 Å². The molecule has 13 heteroatoms. The van der Waals surface area contributed by atoms with Crippen molar-refractivity contribution in [3.05, 3.63) is 76.1 Å². The van der Waals surface area contributed by atoms with Crippen molar-refractivity contribution in [3.63, 3.8) is 0 Å². The first-order chi connectivity index (χ1) is 17.2. The average Bonchev–Trinajstić information content (AvgIpc) is 3.29. The molecule has 0 unspecified atom stereocenters. The molecule has 36 heavy (non-hydrogen) atoms. The number of nitrogens with one attached hydrogen (secondary N) is 2. The van der Waals surface area contributed by atoms with Crippen LogP contribution in [-0.4, -0.2) is 68.6 Å². The smallest absolute Gasteiger partial charge is 0.294 e. The topological polar surface area (TPSA) is 163 Å². The van der Waals surface area contributed by atoms with Gasteiger partial charge in [0, 0.05) is 44.7 Å². The van der Waals surface area contributed by atoms with E-state index in [1.807, 2.05) is 0 Å². The van der Waals surface area contributed by atoms with Crippen molar-refractivity contribution < 1.29 is 24.4 Å². The SMILES string of the molecule is CC(=O)N1CCN(c2ccc(C(=O)NNC(=O)c3nn(-c4ccccc4)cc3O)cc2[N+](=O)[O-])CC1. The first-order valence-corrected chi connectivity index (χ1v) is 11.0. The molecule has 3 N–H and O–H groups in total. The van der Waals surface area contributed by atoms with Crippen molar-refractivity contribution in [1.29, 1.82) is 0 Å². The van der Waals surface area contributed by atoms with Crippen LogP contribution in [0.25, 0.3) is 5.69 Å². The van der Waals surface area contributed by atoms with Crippen molar-refractivity contribution in [2.24, 2.45) is 0 Å². The van der Waals surface area contributed by atoms with E-state index in [1.54, 1.807) is 40.1 Å². The van der Waals surface area contributed by atoms with Crippen LogP contribution in [0.4, 0.5) is 11.4 Å². The zero-order chi connectivity index (χ0) is 25.8. The molecule has 1 aliphatic heterocycles. The van der Waals surface area contributed by atoms with E-state index in [2.05, 4.69) is 16.0 Å². The molecule has 0 aliphatic carbocycles. The molecule has 3 aromatic rings. The van der Waals surface area contributed by atoms with E-state index in [0.717, 1.165) is 6.07 Å². The van der Waals surface area contributed by atoms with Gasteiger partial charge >= 0.3 is 0 Å². The third kappa shape index (κ3) is 5.09. The molecule has 0 atom stereocenters. The van der Waals surface area contributed by atoms with Crippen LogP contribution in [0.3, 0.4) is 0 Å². The highest BCUT2D eigenvalue weighted by Gasteiger charge is 2.26. The Morgan fingerprint density at radius 3 is 2.31 bits per heavy atom. The van der Waals surface area contributed by atoms with Gasteiger partial charge in [-0.15, -0.1) is 0 Å². The summed E-state index contributed by atoms with van der Waals surface area (Å²) in [7, 11) is 0. The number of carbonyl (C=O) groups excluding carboxylic acids is 3. The van der Waals surface area contributed by atoms with E-state index in [1.165, 1.54) is 29.9 Å². The minimum Gasteiger partial charge on any atom is -0.504 e. The monoisotopic (exact) mass is 493 g/mol. The Balaban J connectivity index is 1.43. The molecule has 3 amide bonds. The van der Waals surface area contributed by atoms with Gasteiger partial charge in [0.25, 0.3) is 17.5 Å². The number of para-hydroxylation sites is 1. The summed E-state index contributed by atoms with van der Waals surface area (Å²) >= 11 is 0.